The minimum atomic E-state index is 0.158. The molecular formula is C133H160O. The maximum absolute atomic E-state index is 8.37. The molecule has 1 N–H and O–H groups in total. The Kier molecular flexibility index (Phi) is 27.5. The first-order valence-corrected chi connectivity index (χ1v) is 53.2. The van der Waals surface area contributed by atoms with Gasteiger partial charge in [-0.25, -0.2) is 0 Å². The zero-order valence-corrected chi connectivity index (χ0v) is 87.2. The number of fused-ring (bicyclic) bond motifs is 24. The van der Waals surface area contributed by atoms with E-state index < -0.39 is 0 Å². The minimum absolute atomic E-state index is 0.158. The molecular weight excluding hydrogens is 1610 g/mol. The monoisotopic (exact) mass is 1770 g/mol. The molecule has 0 saturated heterocycles. The third kappa shape index (κ3) is 17.7. The van der Waals surface area contributed by atoms with Crippen LogP contribution in [0.1, 0.15) is 493 Å². The summed E-state index contributed by atoms with van der Waals surface area (Å²) in [6.45, 7) is 62.7. The highest BCUT2D eigenvalue weighted by Crippen LogP contribution is 2.56. The van der Waals surface area contributed by atoms with E-state index in [0.717, 1.165) is 122 Å². The van der Waals surface area contributed by atoms with Gasteiger partial charge in [0, 0.05) is 77.6 Å². The second kappa shape index (κ2) is 38.9. The van der Waals surface area contributed by atoms with Gasteiger partial charge in [-0.05, 0) is 517 Å². The van der Waals surface area contributed by atoms with Gasteiger partial charge in [-0.3, -0.25) is 0 Å². The largest absolute Gasteiger partial charge is 0.396 e. The van der Waals surface area contributed by atoms with Crippen LogP contribution in [0.3, 0.4) is 0 Å². The molecule has 0 spiro atoms. The van der Waals surface area contributed by atoms with Gasteiger partial charge in [0.1, 0.15) is 0 Å². The maximum Gasteiger partial charge on any atom is 0.0431 e. The Labute approximate surface area is 810 Å². The van der Waals surface area contributed by atoms with Crippen molar-refractivity contribution in [3.63, 3.8) is 0 Å². The molecule has 0 radical (unpaired) electrons. The number of hydrogen-bond donors (Lipinski definition) is 1. The van der Waals surface area contributed by atoms with Crippen molar-refractivity contribution in [3.8, 4) is 0 Å². The lowest BCUT2D eigenvalue weighted by Crippen LogP contribution is -2.18. The van der Waals surface area contributed by atoms with Crippen LogP contribution in [-0.2, 0) is 0 Å². The van der Waals surface area contributed by atoms with Gasteiger partial charge in [0.2, 0.25) is 0 Å². The fraction of sp³-hybridized carbons (Fsp3) is 0.459. The van der Waals surface area contributed by atoms with E-state index in [1.165, 1.54) is 293 Å². The Morgan fingerprint density at radius 2 is 0.231 bits per heavy atom. The summed E-state index contributed by atoms with van der Waals surface area (Å²) >= 11 is 0. The molecule has 0 aliphatic heterocycles. The Bertz CT molecular complexity index is 5210. The third-order valence-corrected chi connectivity index (χ3v) is 36.0. The van der Waals surface area contributed by atoms with E-state index in [2.05, 4.69) is 319 Å². The summed E-state index contributed by atoms with van der Waals surface area (Å²) in [5.74, 6) is 1.90. The summed E-state index contributed by atoms with van der Waals surface area (Å²) in [5, 5.41) is 8.37. The average Bonchev–Trinajstić information content (AvgIpc) is 0.751. The molecule has 12 aromatic carbocycles. The predicted octanol–water partition coefficient (Wildman–Crippen LogP) is 36.0. The first-order chi connectivity index (χ1) is 64.3. The first-order valence-electron chi connectivity index (χ1n) is 53.2. The Hall–Kier alpha value is -9.40. The smallest absolute Gasteiger partial charge is 0.0431 e. The Morgan fingerprint density at radius 1 is 0.142 bits per heavy atom. The molecule has 0 atom stereocenters. The van der Waals surface area contributed by atoms with E-state index in [-0.39, 0.29) is 71.0 Å². The molecule has 0 amide bonds. The summed E-state index contributed by atoms with van der Waals surface area (Å²) in [7, 11) is 0. The Balaban J connectivity index is 0.00000143. The molecule has 1 heteroatoms. The summed E-state index contributed by atoms with van der Waals surface area (Å²) in [5.41, 5.74) is 71.3. The normalized spacial score (nSPS) is 21.9. The van der Waals surface area contributed by atoms with Crippen LogP contribution in [0.25, 0.3) is 0 Å². The standard InChI is InChI=1S/C126H144.C7H16O/c1-67-43-68(2)104-55-103(67)91-31-25-32-93-105-56-107(71(5)44-69(105)3)96-37-28-38-99-112-59-110(74(8)47-76(112)10)98(120-63-119(93)83(17)51-84(120)18)39-29-40-101-113-60-114(78(12)48-77(113)11)102(126-66-125(99)89(23)54-90(126)24)42-30-41-100-111-58-109(73(7)46-75(111)9)97(123-65-124(101)88(22)53-87(123)21)36-27-35-94(116-61-115(91)79(13)49-80(116)14)106-57-108(72(6)45-70(106)4)95(121-64-122(100)86(20)52-85(121)19)34-26-33-92(104)117-62-118(96)82(16)50-81(117)15;1-2-3-4-5-6-7-8/h43-66,91-102H,25-42H2,1-24H3;8H,2-7H2,1H3/t91-,92?,93+,94+,95?,96?,97-,98-,99?,100?,101+,102?;. The van der Waals surface area contributed by atoms with Gasteiger partial charge in [-0.2, -0.15) is 0 Å². The summed E-state index contributed by atoms with van der Waals surface area (Å²) in [4.78, 5) is 0. The van der Waals surface area contributed by atoms with Crippen molar-refractivity contribution in [1.82, 2.24) is 0 Å². The molecule has 7 aliphatic carbocycles. The first kappa shape index (κ1) is 94.9. The second-order valence-electron chi connectivity index (χ2n) is 45.1. The van der Waals surface area contributed by atoms with Crippen LogP contribution in [0.2, 0.25) is 0 Å². The Morgan fingerprint density at radius 3 is 0.313 bits per heavy atom. The number of aryl methyl sites for hydroxylation is 24. The van der Waals surface area contributed by atoms with Crippen LogP contribution < -0.4 is 0 Å². The van der Waals surface area contributed by atoms with Crippen molar-refractivity contribution >= 4 is 0 Å². The maximum atomic E-state index is 8.37. The molecule has 0 heterocycles. The van der Waals surface area contributed by atoms with Gasteiger partial charge >= 0.3 is 0 Å². The number of aliphatic hydroxyl groups is 1. The zero-order chi connectivity index (χ0) is 94.6. The lowest BCUT2D eigenvalue weighted by molar-refractivity contribution is 0.282. The van der Waals surface area contributed by atoms with E-state index in [9.17, 15) is 0 Å². The predicted molar refractivity (Wildman–Crippen MR) is 572 cm³/mol. The van der Waals surface area contributed by atoms with Gasteiger partial charge in [0.05, 0.1) is 0 Å². The highest BCUT2D eigenvalue weighted by Gasteiger charge is 2.39. The number of unbranched alkanes of at least 4 members (excludes halogenated alkanes) is 4. The van der Waals surface area contributed by atoms with Crippen LogP contribution in [0.15, 0.2) is 146 Å². The lowest BCUT2D eigenvalue weighted by atomic mass is 9.70. The molecule has 698 valence electrons. The molecule has 12 aromatic rings. The van der Waals surface area contributed by atoms with Crippen LogP contribution >= 0.6 is 0 Å². The van der Waals surface area contributed by atoms with Crippen molar-refractivity contribution < 1.29 is 5.11 Å². The SMILES string of the molecule is CCCCCCCO.Cc1cc(C)c2cc1C1CCCC3c4cc(c(C)cc4C)C4CCCC5c6cc(c(C)cc6C)C6CCCC2c2cc(c(C)cc2C)[C@H]2CCC[C@@H](c7cc1c(C)cc7C)c1cc(c(C)cc1C)[C@H](CCC[C@@H](c1cc4c(C)cc1C)c1cc(c(C)cc1C)[C@H](CCC[C@@H](c1cc6c(C)cc1C)c1cc2c(C)cc1C)c1cc5c(C)cc1C)c1cc3c(C)cc1C. The molecule has 7 aliphatic rings. The zero-order valence-electron chi connectivity index (χ0n) is 87.2. The fourth-order valence-corrected chi connectivity index (χ4v) is 29.3. The van der Waals surface area contributed by atoms with Crippen molar-refractivity contribution in [2.24, 2.45) is 0 Å². The minimum Gasteiger partial charge on any atom is -0.396 e. The van der Waals surface area contributed by atoms with Crippen LogP contribution in [0.4, 0.5) is 0 Å². The number of rotatable bonds is 5. The number of aliphatic hydroxyl groups excluding tert-OH is 1. The van der Waals surface area contributed by atoms with Crippen molar-refractivity contribution in [1.29, 1.82) is 0 Å². The van der Waals surface area contributed by atoms with Gasteiger partial charge in [-0.1, -0.05) is 217 Å². The van der Waals surface area contributed by atoms with Gasteiger partial charge in [0.25, 0.3) is 0 Å². The summed E-state index contributed by atoms with van der Waals surface area (Å²) < 4.78 is 0. The van der Waals surface area contributed by atoms with E-state index in [0.29, 0.717) is 6.61 Å². The van der Waals surface area contributed by atoms with Crippen LogP contribution in [0.5, 0.6) is 0 Å². The van der Waals surface area contributed by atoms with Gasteiger partial charge < -0.3 is 5.11 Å². The van der Waals surface area contributed by atoms with Gasteiger partial charge in [-0.15, -0.1) is 0 Å². The van der Waals surface area contributed by atoms with Crippen molar-refractivity contribution in [2.75, 3.05) is 6.61 Å². The second-order valence-corrected chi connectivity index (χ2v) is 45.1. The van der Waals surface area contributed by atoms with E-state index in [4.69, 9.17) is 5.11 Å². The third-order valence-electron chi connectivity index (χ3n) is 36.0. The van der Waals surface area contributed by atoms with E-state index >= 15 is 0 Å². The topological polar surface area (TPSA) is 20.2 Å². The highest BCUT2D eigenvalue weighted by atomic mass is 16.3. The lowest BCUT2D eigenvalue weighted by Gasteiger charge is -2.34. The average molecular weight is 1770 g/mol. The molecule has 19 rings (SSSR count). The number of benzene rings is 12. The highest BCUT2D eigenvalue weighted by molar-refractivity contribution is 5.63. The van der Waals surface area contributed by atoms with Crippen molar-refractivity contribution in [3.05, 3.63) is 413 Å². The van der Waals surface area contributed by atoms with E-state index in [1.807, 2.05) is 0 Å². The molecule has 0 unspecified atom stereocenters. The molecule has 134 heavy (non-hydrogen) atoms. The molecule has 36 bridgehead atoms. The van der Waals surface area contributed by atoms with Gasteiger partial charge in [0.15, 0.2) is 0 Å². The van der Waals surface area contributed by atoms with Crippen LogP contribution in [0, 0.1) is 166 Å². The summed E-state index contributed by atoms with van der Waals surface area (Å²) in [6.07, 6.45) is 25.2. The van der Waals surface area contributed by atoms with E-state index in [1.54, 1.807) is 0 Å². The molecule has 0 fully saturated rings. The quantitative estimate of drug-likeness (QED) is 0.170. The summed E-state index contributed by atoms with van der Waals surface area (Å²) in [6, 6.07) is 66.5. The van der Waals surface area contributed by atoms with Crippen molar-refractivity contribution in [2.45, 2.75) is 392 Å². The molecule has 0 aromatic heterocycles. The van der Waals surface area contributed by atoms with Crippen LogP contribution in [-0.4, -0.2) is 11.7 Å². The molecule has 1 nitrogen and oxygen atoms in total. The fourth-order valence-electron chi connectivity index (χ4n) is 29.3. The molecule has 0 saturated carbocycles. The number of hydrogen-bond acceptors (Lipinski definition) is 1.